The van der Waals surface area contributed by atoms with Crippen LogP contribution in [0.1, 0.15) is 5.56 Å². The van der Waals surface area contributed by atoms with E-state index in [1.54, 1.807) is 7.05 Å². The zero-order chi connectivity index (χ0) is 19.3. The lowest BCUT2D eigenvalue weighted by Gasteiger charge is -2.12. The van der Waals surface area contributed by atoms with Gasteiger partial charge < -0.3 is 10.3 Å². The van der Waals surface area contributed by atoms with Crippen molar-refractivity contribution in [3.8, 4) is 16.9 Å². The van der Waals surface area contributed by atoms with Gasteiger partial charge in [-0.1, -0.05) is 24.3 Å². The summed E-state index contributed by atoms with van der Waals surface area (Å²) in [5.41, 5.74) is 10.1. The van der Waals surface area contributed by atoms with Crippen LogP contribution in [0.2, 0.25) is 0 Å². The van der Waals surface area contributed by atoms with Gasteiger partial charge in [-0.25, -0.2) is 4.79 Å². The minimum absolute atomic E-state index is 0.305. The highest BCUT2D eigenvalue weighted by molar-refractivity contribution is 5.95. The summed E-state index contributed by atoms with van der Waals surface area (Å²) in [7, 11) is 3.19. The smallest absolute Gasteiger partial charge is 0.330 e. The minimum Gasteiger partial charge on any atom is -0.399 e. The van der Waals surface area contributed by atoms with E-state index in [1.165, 1.54) is 11.6 Å². The van der Waals surface area contributed by atoms with Crippen LogP contribution < -0.4 is 17.0 Å². The zero-order valence-electron chi connectivity index (χ0n) is 15.4. The Kier molecular flexibility index (Phi) is 3.77. The van der Waals surface area contributed by atoms with Crippen LogP contribution in [0.25, 0.3) is 27.8 Å². The Bertz CT molecular complexity index is 1290. The van der Waals surface area contributed by atoms with Crippen LogP contribution >= 0.6 is 0 Å². The van der Waals surface area contributed by atoms with E-state index in [4.69, 9.17) is 5.73 Å². The number of hydrogen-bond acceptors (Lipinski definition) is 3. The molecule has 2 heterocycles. The first-order valence-corrected chi connectivity index (χ1v) is 8.63. The monoisotopic (exact) mass is 360 g/mol. The summed E-state index contributed by atoms with van der Waals surface area (Å²) in [5, 5.41) is 0.519. The first kappa shape index (κ1) is 16.9. The fourth-order valence-electron chi connectivity index (χ4n) is 3.48. The van der Waals surface area contributed by atoms with E-state index in [-0.39, 0.29) is 11.2 Å². The number of rotatable bonds is 2. The first-order valence-electron chi connectivity index (χ1n) is 8.63. The van der Waals surface area contributed by atoms with Gasteiger partial charge in [-0.2, -0.15) is 0 Å². The second kappa shape index (κ2) is 6.02. The molecule has 2 aromatic heterocycles. The van der Waals surface area contributed by atoms with Crippen molar-refractivity contribution in [3.05, 3.63) is 81.1 Å². The maximum Gasteiger partial charge on any atom is 0.330 e. The second-order valence-corrected chi connectivity index (χ2v) is 6.72. The van der Waals surface area contributed by atoms with E-state index in [0.717, 1.165) is 27.1 Å². The molecule has 136 valence electrons. The average Bonchev–Trinajstić information content (AvgIpc) is 3.06. The SMILES string of the molecule is Cc1ccccc1-c1c2c(=O)n(C)c(=O)n(C)c2cn1-c1ccc(N)cc1. The lowest BCUT2D eigenvalue weighted by Crippen LogP contribution is -2.36. The Morgan fingerprint density at radius 3 is 2.22 bits per heavy atom. The van der Waals surface area contributed by atoms with Gasteiger partial charge in [0.05, 0.1) is 16.6 Å². The Labute approximate surface area is 155 Å². The number of nitrogen functional groups attached to an aromatic ring is 1. The second-order valence-electron chi connectivity index (χ2n) is 6.72. The summed E-state index contributed by atoms with van der Waals surface area (Å²) in [6.07, 6.45) is 1.84. The quantitative estimate of drug-likeness (QED) is 0.558. The van der Waals surface area contributed by atoms with Gasteiger partial charge in [0.15, 0.2) is 0 Å². The van der Waals surface area contributed by atoms with Gasteiger partial charge in [0.25, 0.3) is 5.56 Å². The normalized spacial score (nSPS) is 11.2. The molecule has 0 saturated carbocycles. The zero-order valence-corrected chi connectivity index (χ0v) is 15.4. The van der Waals surface area contributed by atoms with Gasteiger partial charge in [0, 0.05) is 37.2 Å². The van der Waals surface area contributed by atoms with Crippen LogP contribution in [-0.4, -0.2) is 13.7 Å². The molecule has 2 N–H and O–H groups in total. The molecule has 4 rings (SSSR count). The molecule has 0 bridgehead atoms. The molecule has 27 heavy (non-hydrogen) atoms. The fraction of sp³-hybridized carbons (Fsp3) is 0.143. The van der Waals surface area contributed by atoms with Gasteiger partial charge in [0.2, 0.25) is 0 Å². The maximum atomic E-state index is 13.0. The molecular formula is C21H20N4O2. The Hall–Kier alpha value is -3.54. The molecule has 2 aromatic carbocycles. The molecule has 0 atom stereocenters. The van der Waals surface area contributed by atoms with Crippen LogP contribution in [-0.2, 0) is 14.1 Å². The molecule has 4 aromatic rings. The number of aryl methyl sites for hydroxylation is 2. The number of nitrogens with two attached hydrogens (primary N) is 1. The summed E-state index contributed by atoms with van der Waals surface area (Å²) in [6, 6.07) is 15.3. The maximum absolute atomic E-state index is 13.0. The molecular weight excluding hydrogens is 340 g/mol. The van der Waals surface area contributed by atoms with Crippen LogP contribution in [0.4, 0.5) is 5.69 Å². The topological polar surface area (TPSA) is 75.0 Å². The molecule has 0 aliphatic carbocycles. The summed E-state index contributed by atoms with van der Waals surface area (Å²) in [6.45, 7) is 2.01. The predicted molar refractivity (Wildman–Crippen MR) is 108 cm³/mol. The van der Waals surface area contributed by atoms with Gasteiger partial charge in [-0.05, 0) is 36.8 Å². The number of nitrogens with zero attached hydrogens (tertiary/aromatic N) is 3. The molecule has 0 fully saturated rings. The standard InChI is InChI=1S/C21H20N4O2/c1-13-6-4-5-7-16(13)19-18-17(23(2)21(27)24(3)20(18)26)12-25(19)15-10-8-14(22)9-11-15/h4-12H,22H2,1-3H3. The summed E-state index contributed by atoms with van der Waals surface area (Å²) < 4.78 is 4.61. The van der Waals surface area contributed by atoms with Gasteiger partial charge in [-0.15, -0.1) is 0 Å². The number of aromatic nitrogens is 3. The highest BCUT2D eigenvalue weighted by atomic mass is 16.2. The lowest BCUT2D eigenvalue weighted by atomic mass is 10.0. The third-order valence-corrected chi connectivity index (χ3v) is 5.01. The molecule has 0 aliphatic heterocycles. The molecule has 6 nitrogen and oxygen atoms in total. The third kappa shape index (κ3) is 2.49. The molecule has 0 saturated heterocycles. The average molecular weight is 360 g/mol. The molecule has 0 unspecified atom stereocenters. The van der Waals surface area contributed by atoms with Crippen molar-refractivity contribution in [1.29, 1.82) is 0 Å². The number of fused-ring (bicyclic) bond motifs is 1. The van der Waals surface area contributed by atoms with Crippen LogP contribution in [0.15, 0.2) is 64.3 Å². The van der Waals surface area contributed by atoms with E-state index >= 15 is 0 Å². The third-order valence-electron chi connectivity index (χ3n) is 5.01. The summed E-state index contributed by atoms with van der Waals surface area (Å²) >= 11 is 0. The van der Waals surface area contributed by atoms with E-state index in [2.05, 4.69) is 0 Å². The molecule has 0 spiro atoms. The van der Waals surface area contributed by atoms with Gasteiger partial charge >= 0.3 is 5.69 Å². The van der Waals surface area contributed by atoms with Crippen LogP contribution in [0.5, 0.6) is 0 Å². The minimum atomic E-state index is -0.349. The highest BCUT2D eigenvalue weighted by Crippen LogP contribution is 2.32. The van der Waals surface area contributed by atoms with Gasteiger partial charge in [0.1, 0.15) is 0 Å². The number of benzene rings is 2. The van der Waals surface area contributed by atoms with Crippen molar-refractivity contribution in [2.45, 2.75) is 6.92 Å². The largest absolute Gasteiger partial charge is 0.399 e. The number of hydrogen-bond donors (Lipinski definition) is 1. The molecule has 6 heteroatoms. The van der Waals surface area contributed by atoms with Crippen molar-refractivity contribution in [2.75, 3.05) is 5.73 Å². The van der Waals surface area contributed by atoms with E-state index in [0.29, 0.717) is 16.6 Å². The van der Waals surface area contributed by atoms with Crippen LogP contribution in [0, 0.1) is 6.92 Å². The molecule has 0 amide bonds. The molecule has 0 aliphatic rings. The summed E-state index contributed by atoms with van der Waals surface area (Å²) in [5.74, 6) is 0. The fourth-order valence-corrected chi connectivity index (χ4v) is 3.48. The van der Waals surface area contributed by atoms with E-state index < -0.39 is 0 Å². The summed E-state index contributed by atoms with van der Waals surface area (Å²) in [4.78, 5) is 25.4. The Balaban J connectivity index is 2.23. The molecule has 0 radical (unpaired) electrons. The van der Waals surface area contributed by atoms with Crippen LogP contribution in [0.3, 0.4) is 0 Å². The van der Waals surface area contributed by atoms with Crippen molar-refractivity contribution >= 4 is 16.6 Å². The van der Waals surface area contributed by atoms with Crippen molar-refractivity contribution in [2.24, 2.45) is 14.1 Å². The van der Waals surface area contributed by atoms with E-state index in [9.17, 15) is 9.59 Å². The van der Waals surface area contributed by atoms with E-state index in [1.807, 2.05) is 66.2 Å². The van der Waals surface area contributed by atoms with Gasteiger partial charge in [-0.3, -0.25) is 13.9 Å². The highest BCUT2D eigenvalue weighted by Gasteiger charge is 2.21. The van der Waals surface area contributed by atoms with Crippen molar-refractivity contribution in [1.82, 2.24) is 13.7 Å². The predicted octanol–water partition coefficient (Wildman–Crippen LogP) is 2.59. The Morgan fingerprint density at radius 2 is 1.56 bits per heavy atom. The van der Waals surface area contributed by atoms with Crippen molar-refractivity contribution < 1.29 is 0 Å². The van der Waals surface area contributed by atoms with Crippen molar-refractivity contribution in [3.63, 3.8) is 0 Å². The first-order chi connectivity index (χ1) is 12.9. The number of anilines is 1. The lowest BCUT2D eigenvalue weighted by molar-refractivity contribution is 0.714. The Morgan fingerprint density at radius 1 is 0.889 bits per heavy atom.